The first-order valence-electron chi connectivity index (χ1n) is 9.63. The molecule has 0 aromatic heterocycles. The van der Waals surface area contributed by atoms with Gasteiger partial charge in [-0.3, -0.25) is 4.90 Å². The van der Waals surface area contributed by atoms with Gasteiger partial charge in [-0.1, -0.05) is 22.0 Å². The van der Waals surface area contributed by atoms with Crippen molar-refractivity contribution in [1.29, 1.82) is 0 Å². The van der Waals surface area contributed by atoms with E-state index in [-0.39, 0.29) is 6.09 Å². The summed E-state index contributed by atoms with van der Waals surface area (Å²) >= 11 is 3.61. The molecule has 0 spiro atoms. The molecular formula is C20H30BrN3O3. The molecule has 1 aromatic rings. The molecule has 2 fully saturated rings. The van der Waals surface area contributed by atoms with Gasteiger partial charge in [-0.25, -0.2) is 4.79 Å². The van der Waals surface area contributed by atoms with Gasteiger partial charge in [0.1, 0.15) is 5.60 Å². The maximum atomic E-state index is 12.2. The van der Waals surface area contributed by atoms with Crippen LogP contribution in [0.5, 0.6) is 0 Å². The van der Waals surface area contributed by atoms with E-state index in [2.05, 4.69) is 43.9 Å². The van der Waals surface area contributed by atoms with Crippen LogP contribution >= 0.6 is 15.9 Å². The quantitative estimate of drug-likeness (QED) is 0.722. The Morgan fingerprint density at radius 3 is 2.41 bits per heavy atom. The van der Waals surface area contributed by atoms with Crippen molar-refractivity contribution in [3.8, 4) is 0 Å². The molecule has 0 unspecified atom stereocenters. The number of anilines is 1. The molecule has 2 aliphatic rings. The fraction of sp³-hybridized carbons (Fsp3) is 0.650. The van der Waals surface area contributed by atoms with Gasteiger partial charge in [0.25, 0.3) is 0 Å². The number of rotatable bonds is 3. The first-order valence-corrected chi connectivity index (χ1v) is 10.4. The van der Waals surface area contributed by atoms with Crippen molar-refractivity contribution in [2.45, 2.75) is 32.9 Å². The molecule has 0 saturated carbocycles. The molecule has 1 aromatic carbocycles. The minimum atomic E-state index is -0.446. The summed E-state index contributed by atoms with van der Waals surface area (Å²) in [5.41, 5.74) is 2.16. The second-order valence-corrected chi connectivity index (χ2v) is 9.03. The van der Waals surface area contributed by atoms with Gasteiger partial charge >= 0.3 is 6.09 Å². The van der Waals surface area contributed by atoms with E-state index < -0.39 is 5.60 Å². The lowest BCUT2D eigenvalue weighted by Crippen LogP contribution is -2.49. The minimum absolute atomic E-state index is 0.209. The maximum absolute atomic E-state index is 12.2. The number of carbonyl (C=O) groups excluding carboxylic acids is 1. The molecule has 0 atom stereocenters. The van der Waals surface area contributed by atoms with Crippen LogP contribution in [0.1, 0.15) is 26.3 Å². The van der Waals surface area contributed by atoms with Crippen molar-refractivity contribution in [2.75, 3.05) is 57.4 Å². The SMILES string of the molecule is CC(C)(C)OC(=O)N1CCN(Cc2ccc(Br)cc2N2CCOCC2)CC1. The number of halogens is 1. The average Bonchev–Trinajstić information content (AvgIpc) is 2.63. The highest BCUT2D eigenvalue weighted by atomic mass is 79.9. The van der Waals surface area contributed by atoms with Crippen LogP contribution in [0, 0.1) is 0 Å². The third kappa shape index (κ3) is 5.83. The molecule has 0 radical (unpaired) electrons. The lowest BCUT2D eigenvalue weighted by molar-refractivity contribution is 0.0139. The third-order valence-electron chi connectivity index (χ3n) is 4.82. The van der Waals surface area contributed by atoms with Crippen molar-refractivity contribution in [3.05, 3.63) is 28.2 Å². The van der Waals surface area contributed by atoms with E-state index in [0.717, 1.165) is 50.4 Å². The summed E-state index contributed by atoms with van der Waals surface area (Å²) in [7, 11) is 0. The number of benzene rings is 1. The predicted molar refractivity (Wildman–Crippen MR) is 110 cm³/mol. The molecule has 2 saturated heterocycles. The fourth-order valence-corrected chi connectivity index (χ4v) is 3.77. The van der Waals surface area contributed by atoms with E-state index in [0.29, 0.717) is 13.1 Å². The van der Waals surface area contributed by atoms with Crippen molar-refractivity contribution >= 4 is 27.7 Å². The number of nitrogens with zero attached hydrogens (tertiary/aromatic N) is 3. The Bertz CT molecular complexity index is 648. The van der Waals surface area contributed by atoms with E-state index >= 15 is 0 Å². The van der Waals surface area contributed by atoms with Crippen molar-refractivity contribution < 1.29 is 14.3 Å². The first-order chi connectivity index (χ1) is 12.8. The van der Waals surface area contributed by atoms with Gasteiger partial charge in [-0.15, -0.1) is 0 Å². The Balaban J connectivity index is 1.60. The lowest BCUT2D eigenvalue weighted by atomic mass is 10.1. The van der Waals surface area contributed by atoms with Crippen molar-refractivity contribution in [3.63, 3.8) is 0 Å². The molecular weight excluding hydrogens is 410 g/mol. The molecule has 6 nitrogen and oxygen atoms in total. The van der Waals surface area contributed by atoms with Gasteiger partial charge < -0.3 is 19.3 Å². The number of piperazine rings is 1. The molecule has 150 valence electrons. The second kappa shape index (κ2) is 8.80. The summed E-state index contributed by atoms with van der Waals surface area (Å²) in [6.45, 7) is 13.1. The number of hydrogen-bond donors (Lipinski definition) is 0. The van der Waals surface area contributed by atoms with E-state index in [1.165, 1.54) is 11.3 Å². The van der Waals surface area contributed by atoms with E-state index in [4.69, 9.17) is 9.47 Å². The van der Waals surface area contributed by atoms with Crippen LogP contribution in [0.25, 0.3) is 0 Å². The lowest BCUT2D eigenvalue weighted by Gasteiger charge is -2.37. The van der Waals surface area contributed by atoms with Gasteiger partial charge in [0.15, 0.2) is 0 Å². The number of morpholine rings is 1. The minimum Gasteiger partial charge on any atom is -0.444 e. The normalized spacial score (nSPS) is 19.3. The topological polar surface area (TPSA) is 45.2 Å². The summed E-state index contributed by atoms with van der Waals surface area (Å²) in [5, 5.41) is 0. The van der Waals surface area contributed by atoms with Crippen LogP contribution in [0.15, 0.2) is 22.7 Å². The van der Waals surface area contributed by atoms with Crippen molar-refractivity contribution in [2.24, 2.45) is 0 Å². The Morgan fingerprint density at radius 2 is 1.78 bits per heavy atom. The van der Waals surface area contributed by atoms with E-state index in [1.54, 1.807) is 0 Å². The zero-order valence-corrected chi connectivity index (χ0v) is 18.1. The smallest absolute Gasteiger partial charge is 0.410 e. The second-order valence-electron chi connectivity index (χ2n) is 8.12. The van der Waals surface area contributed by atoms with Crippen LogP contribution in [0.3, 0.4) is 0 Å². The van der Waals surface area contributed by atoms with Gasteiger partial charge in [0.05, 0.1) is 13.2 Å². The number of ether oxygens (including phenoxy) is 2. The molecule has 0 N–H and O–H groups in total. The predicted octanol–water partition coefficient (Wildman–Crippen LogP) is 3.34. The van der Waals surface area contributed by atoms with Crippen LogP contribution in [-0.2, 0) is 16.0 Å². The van der Waals surface area contributed by atoms with E-state index in [9.17, 15) is 4.79 Å². The largest absolute Gasteiger partial charge is 0.444 e. The molecule has 0 bridgehead atoms. The Hall–Kier alpha value is -1.31. The standard InChI is InChI=1S/C20H30BrN3O3/c1-20(2,3)27-19(25)24-8-6-22(7-9-24)15-16-4-5-17(21)14-18(16)23-10-12-26-13-11-23/h4-5,14H,6-13,15H2,1-3H3. The van der Waals surface area contributed by atoms with Crippen LogP contribution in [0.4, 0.5) is 10.5 Å². The van der Waals surface area contributed by atoms with E-state index in [1.807, 2.05) is 25.7 Å². The Labute approximate surface area is 170 Å². The summed E-state index contributed by atoms with van der Waals surface area (Å²) < 4.78 is 12.1. The zero-order chi connectivity index (χ0) is 19.4. The van der Waals surface area contributed by atoms with Gasteiger partial charge in [0.2, 0.25) is 0 Å². The fourth-order valence-electron chi connectivity index (χ4n) is 3.43. The van der Waals surface area contributed by atoms with Gasteiger partial charge in [-0.2, -0.15) is 0 Å². The molecule has 27 heavy (non-hydrogen) atoms. The summed E-state index contributed by atoms with van der Waals surface area (Å²) in [5.74, 6) is 0. The zero-order valence-electron chi connectivity index (χ0n) is 16.5. The molecule has 1 amide bonds. The van der Waals surface area contributed by atoms with Gasteiger partial charge in [0, 0.05) is 56.0 Å². The molecule has 0 aliphatic carbocycles. The highest BCUT2D eigenvalue weighted by Crippen LogP contribution is 2.27. The van der Waals surface area contributed by atoms with Crippen molar-refractivity contribution in [1.82, 2.24) is 9.80 Å². The first kappa shape index (κ1) is 20.4. The highest BCUT2D eigenvalue weighted by Gasteiger charge is 2.26. The summed E-state index contributed by atoms with van der Waals surface area (Å²) in [6.07, 6.45) is -0.209. The van der Waals surface area contributed by atoms with Gasteiger partial charge in [-0.05, 0) is 38.5 Å². The molecule has 2 heterocycles. The Kier molecular flexibility index (Phi) is 6.65. The summed E-state index contributed by atoms with van der Waals surface area (Å²) in [6, 6.07) is 6.52. The monoisotopic (exact) mass is 439 g/mol. The molecule has 3 rings (SSSR count). The maximum Gasteiger partial charge on any atom is 0.410 e. The number of carbonyl (C=O) groups is 1. The van der Waals surface area contributed by atoms with Crippen LogP contribution in [-0.4, -0.2) is 74.0 Å². The number of amides is 1. The average molecular weight is 440 g/mol. The highest BCUT2D eigenvalue weighted by molar-refractivity contribution is 9.10. The van der Waals surface area contributed by atoms with Crippen LogP contribution < -0.4 is 4.90 Å². The molecule has 2 aliphatic heterocycles. The Morgan fingerprint density at radius 1 is 1.11 bits per heavy atom. The summed E-state index contributed by atoms with van der Waals surface area (Å²) in [4.78, 5) is 18.9. The molecule has 7 heteroatoms. The number of hydrogen-bond acceptors (Lipinski definition) is 5. The van der Waals surface area contributed by atoms with Crippen LogP contribution in [0.2, 0.25) is 0 Å². The third-order valence-corrected chi connectivity index (χ3v) is 5.31.